The molecule has 0 atom stereocenters. The van der Waals surface area contributed by atoms with Gasteiger partial charge in [0.05, 0.1) is 19.4 Å². The van der Waals surface area contributed by atoms with Crippen molar-refractivity contribution in [1.82, 2.24) is 4.57 Å². The SMILES string of the molecule is CCCn1c(=NC(=O)c2ccc(Cl)s2)sc2cc(F)cc(F)c21. The molecule has 120 valence electrons. The molecule has 3 aromatic rings. The quantitative estimate of drug-likeness (QED) is 0.647. The maximum Gasteiger partial charge on any atom is 0.289 e. The van der Waals surface area contributed by atoms with Crippen LogP contribution in [0.1, 0.15) is 23.0 Å². The van der Waals surface area contributed by atoms with Crippen molar-refractivity contribution in [3.8, 4) is 0 Å². The van der Waals surface area contributed by atoms with Crippen molar-refractivity contribution in [2.45, 2.75) is 19.9 Å². The number of rotatable bonds is 3. The Balaban J connectivity index is 2.20. The van der Waals surface area contributed by atoms with E-state index in [0.29, 0.717) is 25.3 Å². The minimum atomic E-state index is -0.655. The summed E-state index contributed by atoms with van der Waals surface area (Å²) in [6.45, 7) is 2.42. The molecule has 0 aliphatic heterocycles. The van der Waals surface area contributed by atoms with E-state index in [1.165, 1.54) is 6.07 Å². The summed E-state index contributed by atoms with van der Waals surface area (Å²) < 4.78 is 30.0. The predicted molar refractivity (Wildman–Crippen MR) is 89.2 cm³/mol. The van der Waals surface area contributed by atoms with Gasteiger partial charge in [0, 0.05) is 12.6 Å². The Hall–Kier alpha value is -1.57. The Morgan fingerprint density at radius 1 is 1.30 bits per heavy atom. The Bertz CT molecular complexity index is 958. The fourth-order valence-corrected chi connectivity index (χ4v) is 4.24. The van der Waals surface area contributed by atoms with Crippen LogP contribution in [0.4, 0.5) is 8.78 Å². The van der Waals surface area contributed by atoms with Gasteiger partial charge in [0.2, 0.25) is 0 Å². The molecule has 3 rings (SSSR count). The number of fused-ring (bicyclic) bond motifs is 1. The molecule has 0 spiro atoms. The van der Waals surface area contributed by atoms with E-state index >= 15 is 0 Å². The van der Waals surface area contributed by atoms with Crippen molar-refractivity contribution < 1.29 is 13.6 Å². The average Bonchev–Trinajstić information content (AvgIpc) is 3.04. The van der Waals surface area contributed by atoms with Crippen LogP contribution < -0.4 is 4.80 Å². The standard InChI is InChI=1S/C15H11ClF2N2OS2/c1-2-5-20-13-9(18)6-8(17)7-11(13)23-15(20)19-14(21)10-3-4-12(16)22-10/h3-4,6-7H,2,5H2,1H3. The van der Waals surface area contributed by atoms with Gasteiger partial charge in [0.1, 0.15) is 5.82 Å². The van der Waals surface area contributed by atoms with Crippen LogP contribution in [0.3, 0.4) is 0 Å². The molecule has 0 radical (unpaired) electrons. The average molecular weight is 373 g/mol. The Kier molecular flexibility index (Phi) is 4.61. The van der Waals surface area contributed by atoms with Crippen molar-refractivity contribution in [3.63, 3.8) is 0 Å². The van der Waals surface area contributed by atoms with E-state index < -0.39 is 17.5 Å². The van der Waals surface area contributed by atoms with E-state index in [2.05, 4.69) is 4.99 Å². The first-order valence-corrected chi connectivity index (χ1v) is 8.83. The van der Waals surface area contributed by atoms with Gasteiger partial charge in [0.25, 0.3) is 5.91 Å². The van der Waals surface area contributed by atoms with Gasteiger partial charge in [-0.2, -0.15) is 4.99 Å². The van der Waals surface area contributed by atoms with Crippen LogP contribution in [0.15, 0.2) is 29.3 Å². The number of carbonyl (C=O) groups excluding carboxylic acids is 1. The van der Waals surface area contributed by atoms with Gasteiger partial charge in [-0.3, -0.25) is 4.79 Å². The van der Waals surface area contributed by atoms with E-state index in [1.54, 1.807) is 16.7 Å². The molecular formula is C15H11ClF2N2OS2. The number of halogens is 3. The highest BCUT2D eigenvalue weighted by atomic mass is 35.5. The summed E-state index contributed by atoms with van der Waals surface area (Å²) in [5, 5.41) is 0. The lowest BCUT2D eigenvalue weighted by Gasteiger charge is -2.03. The van der Waals surface area contributed by atoms with E-state index in [4.69, 9.17) is 11.6 Å². The topological polar surface area (TPSA) is 34.4 Å². The first-order valence-electron chi connectivity index (χ1n) is 6.82. The fourth-order valence-electron chi connectivity index (χ4n) is 2.22. The van der Waals surface area contributed by atoms with Gasteiger partial charge >= 0.3 is 0 Å². The largest absolute Gasteiger partial charge is 0.314 e. The zero-order valence-electron chi connectivity index (χ0n) is 12.0. The number of carbonyl (C=O) groups is 1. The molecule has 0 N–H and O–H groups in total. The van der Waals surface area contributed by atoms with Gasteiger partial charge in [-0.05, 0) is 24.6 Å². The van der Waals surface area contributed by atoms with Gasteiger partial charge in [0.15, 0.2) is 10.6 Å². The van der Waals surface area contributed by atoms with Crippen molar-refractivity contribution in [1.29, 1.82) is 0 Å². The summed E-state index contributed by atoms with van der Waals surface area (Å²) in [5.74, 6) is -1.75. The van der Waals surface area contributed by atoms with Gasteiger partial charge in [-0.1, -0.05) is 29.9 Å². The second kappa shape index (κ2) is 6.51. The predicted octanol–water partition coefficient (Wildman–Crippen LogP) is 4.85. The van der Waals surface area contributed by atoms with Crippen LogP contribution in [0.25, 0.3) is 10.2 Å². The lowest BCUT2D eigenvalue weighted by Crippen LogP contribution is -2.17. The molecular weight excluding hydrogens is 362 g/mol. The maximum atomic E-state index is 14.1. The molecule has 3 nitrogen and oxygen atoms in total. The van der Waals surface area contributed by atoms with Crippen LogP contribution in [-0.4, -0.2) is 10.5 Å². The number of aromatic nitrogens is 1. The molecule has 0 aliphatic rings. The second-order valence-electron chi connectivity index (χ2n) is 4.79. The number of hydrogen-bond donors (Lipinski definition) is 0. The van der Waals surface area contributed by atoms with E-state index in [-0.39, 0.29) is 5.52 Å². The third kappa shape index (κ3) is 3.22. The molecule has 23 heavy (non-hydrogen) atoms. The molecule has 2 heterocycles. The first-order chi connectivity index (χ1) is 11.0. The lowest BCUT2D eigenvalue weighted by atomic mass is 10.3. The number of amides is 1. The maximum absolute atomic E-state index is 14.1. The highest BCUT2D eigenvalue weighted by molar-refractivity contribution is 7.18. The van der Waals surface area contributed by atoms with E-state index in [0.717, 1.165) is 35.2 Å². The molecule has 0 bridgehead atoms. The summed E-state index contributed by atoms with van der Waals surface area (Å²) in [7, 11) is 0. The van der Waals surface area contributed by atoms with Crippen molar-refractivity contribution in [3.05, 3.63) is 49.9 Å². The number of aryl methyl sites for hydroxylation is 1. The summed E-state index contributed by atoms with van der Waals surface area (Å²) in [6, 6.07) is 5.30. The molecule has 0 fully saturated rings. The third-order valence-electron chi connectivity index (χ3n) is 3.12. The highest BCUT2D eigenvalue weighted by Gasteiger charge is 2.14. The number of benzene rings is 1. The molecule has 8 heteroatoms. The normalized spacial score (nSPS) is 12.3. The molecule has 1 amide bonds. The van der Waals surface area contributed by atoms with E-state index in [1.807, 2.05) is 6.92 Å². The number of nitrogens with zero attached hydrogens (tertiary/aromatic N) is 2. The monoisotopic (exact) mass is 372 g/mol. The van der Waals surface area contributed by atoms with Crippen molar-refractivity contribution in [2.24, 2.45) is 4.99 Å². The summed E-state index contributed by atoms with van der Waals surface area (Å²) in [4.78, 5) is 17.1. The smallest absolute Gasteiger partial charge is 0.289 e. The second-order valence-corrected chi connectivity index (χ2v) is 7.52. The third-order valence-corrected chi connectivity index (χ3v) is 5.37. The van der Waals surface area contributed by atoms with Gasteiger partial charge in [-0.25, -0.2) is 8.78 Å². The molecule has 0 unspecified atom stereocenters. The Labute approximate surface area is 143 Å². The number of thiazole rings is 1. The zero-order chi connectivity index (χ0) is 16.6. The summed E-state index contributed by atoms with van der Waals surface area (Å²) >= 11 is 8.04. The Morgan fingerprint density at radius 2 is 2.09 bits per heavy atom. The van der Waals surface area contributed by atoms with Crippen LogP contribution >= 0.6 is 34.3 Å². The number of hydrogen-bond acceptors (Lipinski definition) is 3. The molecule has 1 aromatic carbocycles. The van der Waals surface area contributed by atoms with Crippen molar-refractivity contribution >= 4 is 50.4 Å². The van der Waals surface area contributed by atoms with Crippen LogP contribution in [-0.2, 0) is 6.54 Å². The van der Waals surface area contributed by atoms with Gasteiger partial charge < -0.3 is 4.57 Å². The van der Waals surface area contributed by atoms with Crippen LogP contribution in [0, 0.1) is 11.6 Å². The number of thiophene rings is 1. The first kappa shape index (κ1) is 16.3. The molecule has 0 aliphatic carbocycles. The summed E-state index contributed by atoms with van der Waals surface area (Å²) in [6.07, 6.45) is 0.731. The molecule has 2 aromatic heterocycles. The summed E-state index contributed by atoms with van der Waals surface area (Å²) in [5.41, 5.74) is 0.272. The van der Waals surface area contributed by atoms with Gasteiger partial charge in [-0.15, -0.1) is 11.3 Å². The van der Waals surface area contributed by atoms with E-state index in [9.17, 15) is 13.6 Å². The van der Waals surface area contributed by atoms with Crippen LogP contribution in [0.5, 0.6) is 0 Å². The molecule has 0 saturated carbocycles. The van der Waals surface area contributed by atoms with Crippen LogP contribution in [0.2, 0.25) is 4.34 Å². The minimum Gasteiger partial charge on any atom is -0.314 e. The molecule has 0 saturated heterocycles. The fraction of sp³-hybridized carbons (Fsp3) is 0.200. The highest BCUT2D eigenvalue weighted by Crippen LogP contribution is 2.24. The minimum absolute atomic E-state index is 0.272. The lowest BCUT2D eigenvalue weighted by molar-refractivity contribution is 0.100. The van der Waals surface area contributed by atoms with Crippen molar-refractivity contribution in [2.75, 3.05) is 0 Å². The zero-order valence-corrected chi connectivity index (χ0v) is 14.4. The Morgan fingerprint density at radius 3 is 2.74 bits per heavy atom.